The molecule has 0 radical (unpaired) electrons. The van der Waals surface area contributed by atoms with Crippen molar-refractivity contribution in [3.8, 4) is 0 Å². The van der Waals surface area contributed by atoms with Gasteiger partial charge < -0.3 is 15.5 Å². The molecule has 1 aliphatic rings. The van der Waals surface area contributed by atoms with Crippen LogP contribution in [0.2, 0.25) is 0 Å². The molecule has 120 valence electrons. The minimum Gasteiger partial charge on any atom is -0.340 e. The Hall–Kier alpha value is -2.04. The molecule has 1 saturated carbocycles. The van der Waals surface area contributed by atoms with E-state index in [1.54, 1.807) is 11.9 Å². The van der Waals surface area contributed by atoms with Gasteiger partial charge in [-0.05, 0) is 18.4 Å². The van der Waals surface area contributed by atoms with Crippen molar-refractivity contribution in [3.05, 3.63) is 35.9 Å². The molecule has 3 amide bonds. The highest BCUT2D eigenvalue weighted by Crippen LogP contribution is 2.17. The molecular formula is C17H25N3O2. The number of hydrogen-bond donors (Lipinski definition) is 2. The van der Waals surface area contributed by atoms with E-state index in [0.717, 1.165) is 18.4 Å². The Bertz CT molecular complexity index is 484. The highest BCUT2D eigenvalue weighted by Gasteiger charge is 2.16. The predicted octanol–water partition coefficient (Wildman–Crippen LogP) is 2.28. The van der Waals surface area contributed by atoms with Gasteiger partial charge in [0.1, 0.15) is 0 Å². The number of likely N-dealkylation sites (N-methyl/N-ethyl adjacent to an activating group) is 1. The molecule has 0 aliphatic heterocycles. The maximum atomic E-state index is 12.0. The van der Waals surface area contributed by atoms with Crippen LogP contribution in [0.1, 0.15) is 37.7 Å². The molecule has 1 aromatic rings. The number of urea groups is 1. The van der Waals surface area contributed by atoms with Crippen molar-refractivity contribution in [1.29, 1.82) is 0 Å². The molecule has 1 aliphatic carbocycles. The maximum absolute atomic E-state index is 12.0. The van der Waals surface area contributed by atoms with Crippen molar-refractivity contribution in [3.63, 3.8) is 0 Å². The molecule has 0 aromatic heterocycles. The van der Waals surface area contributed by atoms with Crippen LogP contribution < -0.4 is 10.6 Å². The van der Waals surface area contributed by atoms with Crippen LogP contribution in [0.15, 0.2) is 30.3 Å². The highest BCUT2D eigenvalue weighted by molar-refractivity contribution is 5.83. The summed E-state index contributed by atoms with van der Waals surface area (Å²) >= 11 is 0. The van der Waals surface area contributed by atoms with Crippen LogP contribution in [0.5, 0.6) is 0 Å². The average molecular weight is 303 g/mol. The first-order valence-corrected chi connectivity index (χ1v) is 7.97. The summed E-state index contributed by atoms with van der Waals surface area (Å²) in [6.45, 7) is 0.577. The Morgan fingerprint density at radius 3 is 2.50 bits per heavy atom. The Morgan fingerprint density at radius 1 is 1.14 bits per heavy atom. The van der Waals surface area contributed by atoms with Gasteiger partial charge in [0.05, 0.1) is 6.54 Å². The Kier molecular flexibility index (Phi) is 6.25. The molecule has 2 rings (SSSR count). The van der Waals surface area contributed by atoms with Crippen molar-refractivity contribution in [2.75, 3.05) is 13.6 Å². The maximum Gasteiger partial charge on any atom is 0.315 e. The van der Waals surface area contributed by atoms with Crippen molar-refractivity contribution < 1.29 is 9.59 Å². The summed E-state index contributed by atoms with van der Waals surface area (Å²) < 4.78 is 0. The van der Waals surface area contributed by atoms with Crippen molar-refractivity contribution in [2.45, 2.75) is 44.7 Å². The lowest BCUT2D eigenvalue weighted by Crippen LogP contribution is -2.46. The second-order valence-corrected chi connectivity index (χ2v) is 5.90. The van der Waals surface area contributed by atoms with E-state index >= 15 is 0 Å². The smallest absolute Gasteiger partial charge is 0.315 e. The first kappa shape index (κ1) is 16.3. The highest BCUT2D eigenvalue weighted by atomic mass is 16.2. The quantitative estimate of drug-likeness (QED) is 0.876. The van der Waals surface area contributed by atoms with Crippen LogP contribution in [-0.2, 0) is 11.3 Å². The zero-order chi connectivity index (χ0) is 15.8. The number of rotatable bonds is 5. The second kappa shape index (κ2) is 8.41. The third-order valence-corrected chi connectivity index (χ3v) is 4.03. The van der Waals surface area contributed by atoms with E-state index in [0.29, 0.717) is 6.54 Å². The van der Waals surface area contributed by atoms with Crippen molar-refractivity contribution in [1.82, 2.24) is 15.5 Å². The number of benzene rings is 1. The number of nitrogens with zero attached hydrogens (tertiary/aromatic N) is 1. The molecule has 0 unspecified atom stereocenters. The Morgan fingerprint density at radius 2 is 1.82 bits per heavy atom. The van der Waals surface area contributed by atoms with E-state index in [-0.39, 0.29) is 24.5 Å². The van der Waals surface area contributed by atoms with Crippen LogP contribution >= 0.6 is 0 Å². The lowest BCUT2D eigenvalue weighted by Gasteiger charge is -2.23. The molecule has 2 N–H and O–H groups in total. The molecule has 0 spiro atoms. The molecular weight excluding hydrogens is 278 g/mol. The van der Waals surface area contributed by atoms with Gasteiger partial charge in [-0.3, -0.25) is 4.79 Å². The fourth-order valence-corrected chi connectivity index (χ4v) is 2.72. The van der Waals surface area contributed by atoms with Crippen LogP contribution in [0.25, 0.3) is 0 Å². The number of hydrogen-bond acceptors (Lipinski definition) is 2. The Balaban J connectivity index is 1.68. The molecule has 1 fully saturated rings. The summed E-state index contributed by atoms with van der Waals surface area (Å²) in [7, 11) is 1.75. The summed E-state index contributed by atoms with van der Waals surface area (Å²) in [6.07, 6.45) is 5.67. The van der Waals surface area contributed by atoms with Gasteiger partial charge >= 0.3 is 6.03 Å². The SMILES string of the molecule is CN(Cc1ccccc1)C(=O)CNC(=O)NC1CCCCC1. The summed E-state index contributed by atoms with van der Waals surface area (Å²) in [5.41, 5.74) is 1.07. The fourth-order valence-electron chi connectivity index (χ4n) is 2.72. The third-order valence-electron chi connectivity index (χ3n) is 4.03. The average Bonchev–Trinajstić information content (AvgIpc) is 2.54. The van der Waals surface area contributed by atoms with Crippen molar-refractivity contribution in [2.24, 2.45) is 0 Å². The van der Waals surface area contributed by atoms with Crippen molar-refractivity contribution >= 4 is 11.9 Å². The lowest BCUT2D eigenvalue weighted by molar-refractivity contribution is -0.129. The lowest BCUT2D eigenvalue weighted by atomic mass is 9.96. The van der Waals surface area contributed by atoms with Gasteiger partial charge in [0.15, 0.2) is 0 Å². The van der Waals surface area contributed by atoms with Gasteiger partial charge in [-0.1, -0.05) is 49.6 Å². The molecule has 0 bridgehead atoms. The van der Waals surface area contributed by atoms with E-state index in [4.69, 9.17) is 0 Å². The van der Waals surface area contributed by atoms with E-state index in [9.17, 15) is 9.59 Å². The van der Waals surface area contributed by atoms with Gasteiger partial charge in [-0.25, -0.2) is 4.79 Å². The van der Waals surface area contributed by atoms with E-state index < -0.39 is 0 Å². The molecule has 0 saturated heterocycles. The van der Waals surface area contributed by atoms with E-state index in [1.807, 2.05) is 30.3 Å². The molecule has 0 heterocycles. The number of nitrogens with one attached hydrogen (secondary N) is 2. The van der Waals surface area contributed by atoms with Crippen LogP contribution in [0, 0.1) is 0 Å². The minimum atomic E-state index is -0.242. The topological polar surface area (TPSA) is 61.4 Å². The van der Waals surface area contributed by atoms with E-state index in [2.05, 4.69) is 10.6 Å². The molecule has 1 aromatic carbocycles. The van der Waals surface area contributed by atoms with Crippen LogP contribution in [-0.4, -0.2) is 36.5 Å². The molecule has 0 atom stereocenters. The van der Waals surface area contributed by atoms with Gasteiger partial charge in [0, 0.05) is 19.6 Å². The summed E-state index contributed by atoms with van der Waals surface area (Å²) in [5, 5.41) is 5.60. The summed E-state index contributed by atoms with van der Waals surface area (Å²) in [5.74, 6) is -0.0948. The molecule has 5 nitrogen and oxygen atoms in total. The number of amides is 3. The monoisotopic (exact) mass is 303 g/mol. The standard InChI is InChI=1S/C17H25N3O2/c1-20(13-14-8-4-2-5-9-14)16(21)12-18-17(22)19-15-10-6-3-7-11-15/h2,4-5,8-9,15H,3,6-7,10-13H2,1H3,(H2,18,19,22). The van der Waals surface area contributed by atoms with Gasteiger partial charge in [0.25, 0.3) is 0 Å². The zero-order valence-electron chi connectivity index (χ0n) is 13.2. The first-order valence-electron chi connectivity index (χ1n) is 7.97. The third kappa shape index (κ3) is 5.39. The van der Waals surface area contributed by atoms with Crippen LogP contribution in [0.3, 0.4) is 0 Å². The summed E-state index contributed by atoms with van der Waals surface area (Å²) in [6, 6.07) is 9.81. The Labute approximate surface area is 132 Å². The minimum absolute atomic E-state index is 0.0296. The van der Waals surface area contributed by atoms with Gasteiger partial charge in [0.2, 0.25) is 5.91 Å². The molecule has 5 heteroatoms. The first-order chi connectivity index (χ1) is 10.6. The molecule has 22 heavy (non-hydrogen) atoms. The fraction of sp³-hybridized carbons (Fsp3) is 0.529. The zero-order valence-corrected chi connectivity index (χ0v) is 13.2. The van der Waals surface area contributed by atoms with Gasteiger partial charge in [-0.2, -0.15) is 0 Å². The van der Waals surface area contributed by atoms with E-state index in [1.165, 1.54) is 19.3 Å². The largest absolute Gasteiger partial charge is 0.340 e. The number of carbonyl (C=O) groups excluding carboxylic acids is 2. The van der Waals surface area contributed by atoms with Crippen LogP contribution in [0.4, 0.5) is 4.79 Å². The summed E-state index contributed by atoms with van der Waals surface area (Å²) in [4.78, 5) is 25.5. The number of carbonyl (C=O) groups is 2. The predicted molar refractivity (Wildman–Crippen MR) is 86.3 cm³/mol. The second-order valence-electron chi connectivity index (χ2n) is 5.90. The normalized spacial score (nSPS) is 15.1. The van der Waals surface area contributed by atoms with Gasteiger partial charge in [-0.15, -0.1) is 0 Å².